The quantitative estimate of drug-likeness (QED) is 0.358. The van der Waals surface area contributed by atoms with E-state index in [4.69, 9.17) is 27.9 Å². The molecule has 0 unspecified atom stereocenters. The minimum atomic E-state index is -0.886. The van der Waals surface area contributed by atoms with E-state index in [1.807, 2.05) is 0 Å². The average Bonchev–Trinajstić information content (AvgIpc) is 2.37. The zero-order valence-electron chi connectivity index (χ0n) is 11.7. The van der Waals surface area contributed by atoms with Crippen molar-refractivity contribution >= 4 is 35.8 Å². The Hall–Kier alpha value is -2.23. The molecule has 118 valence electrons. The second-order valence-electron chi connectivity index (χ2n) is 3.96. The van der Waals surface area contributed by atoms with E-state index in [9.17, 15) is 9.59 Å². The molecule has 0 aliphatic heterocycles. The molecule has 1 aromatic rings. The van der Waals surface area contributed by atoms with E-state index < -0.39 is 12.1 Å². The first-order valence-electron chi connectivity index (χ1n) is 5.75. The molecular formula is C11H19ClN6O3. The largest absolute Gasteiger partial charge is 0.492 e. The molecule has 0 atom stereocenters. The maximum atomic E-state index is 11.2. The van der Waals surface area contributed by atoms with Crippen molar-refractivity contribution in [3.8, 4) is 5.75 Å². The molecule has 1 rings (SSSR count). The summed E-state index contributed by atoms with van der Waals surface area (Å²) < 4.78 is 5.38. The summed E-state index contributed by atoms with van der Waals surface area (Å²) in [6.45, 7) is 3.84. The Kier molecular flexibility index (Phi) is 6.73. The monoisotopic (exact) mass is 318 g/mol. The number of rotatable bonds is 4. The van der Waals surface area contributed by atoms with Crippen molar-refractivity contribution in [2.75, 3.05) is 16.6 Å². The summed E-state index contributed by atoms with van der Waals surface area (Å²) in [6, 6.07) is 1.24. The average molecular weight is 319 g/mol. The van der Waals surface area contributed by atoms with Crippen LogP contribution in [0.3, 0.4) is 0 Å². The molecule has 0 fully saturated rings. The number of hydrazine groups is 2. The van der Waals surface area contributed by atoms with Gasteiger partial charge in [-0.2, -0.15) is 0 Å². The van der Waals surface area contributed by atoms with Crippen LogP contribution >= 0.6 is 12.4 Å². The van der Waals surface area contributed by atoms with Gasteiger partial charge in [-0.15, -0.1) is 12.4 Å². The van der Waals surface area contributed by atoms with Crippen molar-refractivity contribution in [1.29, 1.82) is 0 Å². The highest BCUT2D eigenvalue weighted by Crippen LogP contribution is 2.34. The van der Waals surface area contributed by atoms with Gasteiger partial charge in [0.1, 0.15) is 11.4 Å². The summed E-state index contributed by atoms with van der Waals surface area (Å²) in [4.78, 5) is 22.3. The number of nitrogens with two attached hydrogens (primary N) is 4. The summed E-state index contributed by atoms with van der Waals surface area (Å²) in [5.41, 5.74) is 11.3. The highest BCUT2D eigenvalue weighted by molar-refractivity contribution is 5.95. The van der Waals surface area contributed by atoms with Crippen LogP contribution in [0.15, 0.2) is 12.1 Å². The fourth-order valence-electron chi connectivity index (χ4n) is 1.62. The number of hydrogen-bond donors (Lipinski definition) is 4. The molecule has 0 radical (unpaired) electrons. The van der Waals surface area contributed by atoms with E-state index >= 15 is 0 Å². The molecular weight excluding hydrogens is 300 g/mol. The van der Waals surface area contributed by atoms with Crippen LogP contribution in [0.2, 0.25) is 0 Å². The van der Waals surface area contributed by atoms with Gasteiger partial charge in [-0.3, -0.25) is 0 Å². The van der Waals surface area contributed by atoms with Gasteiger partial charge in [0.25, 0.3) is 0 Å². The lowest BCUT2D eigenvalue weighted by Crippen LogP contribution is -2.43. The van der Waals surface area contributed by atoms with E-state index in [2.05, 4.69) is 0 Å². The highest BCUT2D eigenvalue weighted by atomic mass is 35.5. The molecule has 0 heterocycles. The van der Waals surface area contributed by atoms with E-state index in [1.54, 1.807) is 19.9 Å². The van der Waals surface area contributed by atoms with Crippen molar-refractivity contribution in [2.24, 2.45) is 23.2 Å². The molecule has 9 nitrogen and oxygen atoms in total. The third-order valence-corrected chi connectivity index (χ3v) is 2.57. The number of carbonyl (C=O) groups excluding carboxylic acids is 2. The van der Waals surface area contributed by atoms with Crippen molar-refractivity contribution in [3.05, 3.63) is 17.7 Å². The number of amides is 4. The van der Waals surface area contributed by atoms with Crippen LogP contribution in [-0.4, -0.2) is 18.7 Å². The fourth-order valence-corrected chi connectivity index (χ4v) is 1.62. The number of benzene rings is 1. The Morgan fingerprint density at radius 1 is 1.10 bits per heavy atom. The van der Waals surface area contributed by atoms with Gasteiger partial charge in [0.15, 0.2) is 0 Å². The van der Waals surface area contributed by atoms with Gasteiger partial charge in [0, 0.05) is 0 Å². The molecule has 0 bridgehead atoms. The Balaban J connectivity index is 0.00000400. The molecule has 0 spiro atoms. The fraction of sp³-hybridized carbons (Fsp3) is 0.273. The SMILES string of the molecule is CCOc1cc(C)c(N(N)C(N)=O)cc1N(N)C(N)=O.Cl. The van der Waals surface area contributed by atoms with Crippen molar-refractivity contribution in [1.82, 2.24) is 0 Å². The molecule has 0 aromatic heterocycles. The van der Waals surface area contributed by atoms with Gasteiger partial charge >= 0.3 is 12.1 Å². The number of anilines is 2. The summed E-state index contributed by atoms with van der Waals surface area (Å²) in [5.74, 6) is 11.5. The minimum absolute atomic E-state index is 0. The number of urea groups is 2. The number of primary amides is 2. The molecule has 0 aliphatic rings. The second kappa shape index (κ2) is 7.53. The normalized spacial score (nSPS) is 9.52. The smallest absolute Gasteiger partial charge is 0.333 e. The summed E-state index contributed by atoms with van der Waals surface area (Å²) in [5, 5.41) is 1.44. The Labute approximate surface area is 128 Å². The zero-order chi connectivity index (χ0) is 15.4. The van der Waals surface area contributed by atoms with Gasteiger partial charge in [0.2, 0.25) is 0 Å². The van der Waals surface area contributed by atoms with Gasteiger partial charge in [-0.25, -0.2) is 31.3 Å². The first-order chi connectivity index (χ1) is 9.29. The first-order valence-corrected chi connectivity index (χ1v) is 5.75. The third kappa shape index (κ3) is 4.12. The highest BCUT2D eigenvalue weighted by Gasteiger charge is 2.19. The Bertz CT molecular complexity index is 539. The topological polar surface area (TPSA) is 154 Å². The number of nitrogens with zero attached hydrogens (tertiary/aromatic N) is 2. The molecule has 1 aromatic carbocycles. The molecule has 0 saturated carbocycles. The number of aryl methyl sites for hydroxylation is 1. The lowest BCUT2D eigenvalue weighted by atomic mass is 10.1. The molecule has 8 N–H and O–H groups in total. The van der Waals surface area contributed by atoms with Gasteiger partial charge in [-0.1, -0.05) is 0 Å². The predicted octanol–water partition coefficient (Wildman–Crippen LogP) is 0.333. The van der Waals surface area contributed by atoms with E-state index in [0.29, 0.717) is 22.9 Å². The van der Waals surface area contributed by atoms with Crippen LogP contribution in [-0.2, 0) is 0 Å². The first kappa shape index (κ1) is 18.8. The van der Waals surface area contributed by atoms with Crippen LogP contribution in [0.1, 0.15) is 12.5 Å². The lowest BCUT2D eigenvalue weighted by molar-refractivity contribution is 0.253. The van der Waals surface area contributed by atoms with E-state index in [-0.39, 0.29) is 23.8 Å². The Morgan fingerprint density at radius 2 is 1.57 bits per heavy atom. The third-order valence-electron chi connectivity index (χ3n) is 2.57. The zero-order valence-corrected chi connectivity index (χ0v) is 12.5. The second-order valence-corrected chi connectivity index (χ2v) is 3.96. The van der Waals surface area contributed by atoms with Gasteiger partial charge in [0.05, 0.1) is 12.3 Å². The molecule has 4 amide bonds. The van der Waals surface area contributed by atoms with E-state index in [0.717, 1.165) is 5.01 Å². The number of ether oxygens (including phenoxy) is 1. The molecule has 10 heteroatoms. The van der Waals surface area contributed by atoms with Crippen LogP contribution in [0.25, 0.3) is 0 Å². The number of halogens is 1. The van der Waals surface area contributed by atoms with Crippen LogP contribution in [0.5, 0.6) is 5.75 Å². The summed E-state index contributed by atoms with van der Waals surface area (Å²) in [6.07, 6.45) is 0. The van der Waals surface area contributed by atoms with Crippen molar-refractivity contribution in [2.45, 2.75) is 13.8 Å². The summed E-state index contributed by atoms with van der Waals surface area (Å²) in [7, 11) is 0. The maximum Gasteiger partial charge on any atom is 0.333 e. The predicted molar refractivity (Wildman–Crippen MR) is 82.1 cm³/mol. The van der Waals surface area contributed by atoms with E-state index in [1.165, 1.54) is 6.07 Å². The van der Waals surface area contributed by atoms with Crippen LogP contribution < -0.4 is 37.9 Å². The minimum Gasteiger partial charge on any atom is -0.492 e. The Morgan fingerprint density at radius 3 is 2.00 bits per heavy atom. The molecule has 21 heavy (non-hydrogen) atoms. The van der Waals surface area contributed by atoms with Crippen molar-refractivity contribution in [3.63, 3.8) is 0 Å². The number of hydrogen-bond acceptors (Lipinski definition) is 5. The standard InChI is InChI=1S/C11H18N6O3.ClH/c1-3-20-9-4-6(2)7(16(14)10(12)18)5-8(9)17(15)11(13)19;/h4-5H,3,14-15H2,1-2H3,(H2,12,18)(H2,13,19);1H. The number of carbonyl (C=O) groups is 2. The molecule has 0 saturated heterocycles. The van der Waals surface area contributed by atoms with Crippen molar-refractivity contribution < 1.29 is 14.3 Å². The van der Waals surface area contributed by atoms with Crippen LogP contribution in [0, 0.1) is 6.92 Å². The lowest BCUT2D eigenvalue weighted by Gasteiger charge is -2.23. The van der Waals surface area contributed by atoms with Crippen LogP contribution in [0.4, 0.5) is 21.0 Å². The van der Waals surface area contributed by atoms with Gasteiger partial charge < -0.3 is 16.2 Å². The summed E-state index contributed by atoms with van der Waals surface area (Å²) >= 11 is 0. The maximum absolute atomic E-state index is 11.2. The van der Waals surface area contributed by atoms with Gasteiger partial charge in [-0.05, 0) is 31.5 Å². The molecule has 0 aliphatic carbocycles.